The maximum Gasteiger partial charge on any atom is 0.236 e. The van der Waals surface area contributed by atoms with Crippen LogP contribution in [0.4, 0.5) is 11.4 Å². The monoisotopic (exact) mass is 408 g/mol. The van der Waals surface area contributed by atoms with Gasteiger partial charge in [-0.1, -0.05) is 35.9 Å². The number of anilines is 2. The summed E-state index contributed by atoms with van der Waals surface area (Å²) in [5.41, 5.74) is 3.56. The second-order valence-electron chi connectivity index (χ2n) is 6.77. The Labute approximate surface area is 161 Å². The molecule has 2 aromatic carbocycles. The van der Waals surface area contributed by atoms with E-state index >= 15 is 0 Å². The number of hydrogen-bond acceptors (Lipinski definition) is 4. The lowest BCUT2D eigenvalue weighted by atomic mass is 10.0. The number of nitrogens with one attached hydrogen (secondary N) is 1. The van der Waals surface area contributed by atoms with E-state index in [1.807, 2.05) is 25.1 Å². The van der Waals surface area contributed by atoms with Crippen molar-refractivity contribution in [1.82, 2.24) is 0 Å². The Balaban J connectivity index is 1.87. The molecular formula is C19H24N2O4S2. The topological polar surface area (TPSA) is 83.6 Å². The first-order valence-electron chi connectivity index (χ1n) is 8.89. The summed E-state index contributed by atoms with van der Waals surface area (Å²) in [4.78, 5) is 0. The molecule has 1 heterocycles. The number of nitrogens with zero attached hydrogens (tertiary/aromatic N) is 1. The van der Waals surface area contributed by atoms with Gasteiger partial charge in [0.25, 0.3) is 0 Å². The number of sulfonamides is 2. The fourth-order valence-electron chi connectivity index (χ4n) is 3.29. The van der Waals surface area contributed by atoms with E-state index in [1.165, 1.54) is 4.31 Å². The van der Waals surface area contributed by atoms with Crippen LogP contribution in [0, 0.1) is 6.92 Å². The van der Waals surface area contributed by atoms with Crippen molar-refractivity contribution in [2.45, 2.75) is 32.4 Å². The first kappa shape index (κ1) is 19.7. The first-order valence-corrected chi connectivity index (χ1v) is 12.2. The van der Waals surface area contributed by atoms with Crippen molar-refractivity contribution >= 4 is 31.4 Å². The highest BCUT2D eigenvalue weighted by Crippen LogP contribution is 2.32. The summed E-state index contributed by atoms with van der Waals surface area (Å²) in [5.74, 6) is -0.126. The van der Waals surface area contributed by atoms with Crippen LogP contribution in [0.25, 0.3) is 0 Å². The largest absolute Gasteiger partial charge is 0.283 e. The van der Waals surface area contributed by atoms with E-state index in [9.17, 15) is 16.8 Å². The van der Waals surface area contributed by atoms with Crippen LogP contribution in [0.15, 0.2) is 42.5 Å². The Morgan fingerprint density at radius 1 is 1.07 bits per heavy atom. The fourth-order valence-corrected chi connectivity index (χ4v) is 5.65. The lowest BCUT2D eigenvalue weighted by molar-refractivity contribution is 0.587. The SMILES string of the molecule is CCS(=O)(=O)N1CCCc2ccc(NS(=O)(=O)Cc3cccc(C)c3)cc21. The van der Waals surface area contributed by atoms with Crippen LogP contribution in [0.1, 0.15) is 30.0 Å². The normalized spacial score (nSPS) is 14.7. The van der Waals surface area contributed by atoms with E-state index in [0.29, 0.717) is 23.5 Å². The zero-order valence-corrected chi connectivity index (χ0v) is 17.1. The minimum absolute atomic E-state index is 0.00968. The van der Waals surface area contributed by atoms with Crippen molar-refractivity contribution in [3.05, 3.63) is 59.2 Å². The average Bonchev–Trinajstić information content (AvgIpc) is 2.60. The van der Waals surface area contributed by atoms with Crippen molar-refractivity contribution in [2.75, 3.05) is 21.3 Å². The zero-order valence-electron chi connectivity index (χ0n) is 15.5. The molecule has 0 saturated heterocycles. The predicted octanol–water partition coefficient (Wildman–Crippen LogP) is 3.04. The van der Waals surface area contributed by atoms with Gasteiger partial charge in [0.1, 0.15) is 0 Å². The molecule has 0 saturated carbocycles. The molecule has 146 valence electrons. The minimum Gasteiger partial charge on any atom is -0.283 e. The highest BCUT2D eigenvalue weighted by Gasteiger charge is 2.26. The average molecular weight is 409 g/mol. The van der Waals surface area contributed by atoms with Gasteiger partial charge in [-0.15, -0.1) is 0 Å². The number of hydrogen-bond donors (Lipinski definition) is 1. The Kier molecular flexibility index (Phi) is 5.48. The number of aryl methyl sites for hydroxylation is 2. The summed E-state index contributed by atoms with van der Waals surface area (Å²) < 4.78 is 53.8. The molecule has 27 heavy (non-hydrogen) atoms. The van der Waals surface area contributed by atoms with Crippen LogP contribution in [-0.4, -0.2) is 29.1 Å². The third kappa shape index (κ3) is 4.62. The Morgan fingerprint density at radius 3 is 2.56 bits per heavy atom. The summed E-state index contributed by atoms with van der Waals surface area (Å²) in [5, 5.41) is 0. The summed E-state index contributed by atoms with van der Waals surface area (Å²) in [6, 6.07) is 12.5. The molecule has 0 unspecified atom stereocenters. The second-order valence-corrected chi connectivity index (χ2v) is 10.7. The molecule has 1 N–H and O–H groups in total. The maximum atomic E-state index is 12.5. The Morgan fingerprint density at radius 2 is 1.85 bits per heavy atom. The van der Waals surface area contributed by atoms with E-state index in [1.54, 1.807) is 31.2 Å². The summed E-state index contributed by atoms with van der Waals surface area (Å²) in [6.45, 7) is 3.94. The van der Waals surface area contributed by atoms with Crippen LogP contribution >= 0.6 is 0 Å². The fraction of sp³-hybridized carbons (Fsp3) is 0.368. The molecule has 0 amide bonds. The van der Waals surface area contributed by atoms with Gasteiger partial charge in [0.2, 0.25) is 20.0 Å². The summed E-state index contributed by atoms with van der Waals surface area (Å²) >= 11 is 0. The van der Waals surface area contributed by atoms with Crippen LogP contribution < -0.4 is 9.03 Å². The van der Waals surface area contributed by atoms with Crippen molar-refractivity contribution in [3.8, 4) is 0 Å². The second kappa shape index (κ2) is 7.52. The number of benzene rings is 2. The van der Waals surface area contributed by atoms with E-state index in [4.69, 9.17) is 0 Å². The standard InChI is InChI=1S/C19H24N2O4S2/c1-3-27(24,25)21-11-5-8-17-9-10-18(13-19(17)21)20-26(22,23)14-16-7-4-6-15(2)12-16/h4,6-7,9-10,12-13,20H,3,5,8,11,14H2,1-2H3. The first-order chi connectivity index (χ1) is 12.7. The Hall–Kier alpha value is -2.06. The molecule has 0 spiro atoms. The molecule has 6 nitrogen and oxygen atoms in total. The van der Waals surface area contributed by atoms with Gasteiger partial charge < -0.3 is 0 Å². The molecular weight excluding hydrogens is 384 g/mol. The minimum atomic E-state index is -3.61. The maximum absolute atomic E-state index is 12.5. The van der Waals surface area contributed by atoms with Gasteiger partial charge in [-0.25, -0.2) is 16.8 Å². The number of rotatable bonds is 6. The highest BCUT2D eigenvalue weighted by molar-refractivity contribution is 7.92. The van der Waals surface area contributed by atoms with Gasteiger partial charge in [0, 0.05) is 6.54 Å². The highest BCUT2D eigenvalue weighted by atomic mass is 32.2. The molecule has 8 heteroatoms. The molecule has 0 aromatic heterocycles. The van der Waals surface area contributed by atoms with Gasteiger partial charge in [-0.3, -0.25) is 9.03 Å². The Bertz CT molecular complexity index is 1050. The van der Waals surface area contributed by atoms with E-state index in [0.717, 1.165) is 24.0 Å². The third-order valence-corrected chi connectivity index (χ3v) is 7.61. The van der Waals surface area contributed by atoms with E-state index < -0.39 is 20.0 Å². The molecule has 1 aliphatic rings. The molecule has 1 aliphatic heterocycles. The van der Waals surface area contributed by atoms with Gasteiger partial charge in [0.05, 0.1) is 22.9 Å². The molecule has 0 radical (unpaired) electrons. The lowest BCUT2D eigenvalue weighted by Gasteiger charge is -2.30. The van der Waals surface area contributed by atoms with Gasteiger partial charge in [-0.05, 0) is 49.9 Å². The zero-order chi connectivity index (χ0) is 19.7. The van der Waals surface area contributed by atoms with Crippen LogP contribution in [0.3, 0.4) is 0 Å². The van der Waals surface area contributed by atoms with Crippen molar-refractivity contribution in [3.63, 3.8) is 0 Å². The van der Waals surface area contributed by atoms with E-state index in [2.05, 4.69) is 4.72 Å². The van der Waals surface area contributed by atoms with Crippen LogP contribution in [0.2, 0.25) is 0 Å². The quantitative estimate of drug-likeness (QED) is 0.796. The van der Waals surface area contributed by atoms with Crippen LogP contribution in [0.5, 0.6) is 0 Å². The van der Waals surface area contributed by atoms with Crippen molar-refractivity contribution in [1.29, 1.82) is 0 Å². The van der Waals surface area contributed by atoms with Gasteiger partial charge in [0.15, 0.2) is 0 Å². The van der Waals surface area contributed by atoms with Crippen molar-refractivity contribution in [2.24, 2.45) is 0 Å². The van der Waals surface area contributed by atoms with Gasteiger partial charge >= 0.3 is 0 Å². The van der Waals surface area contributed by atoms with Gasteiger partial charge in [-0.2, -0.15) is 0 Å². The molecule has 0 bridgehead atoms. The van der Waals surface area contributed by atoms with Crippen molar-refractivity contribution < 1.29 is 16.8 Å². The third-order valence-electron chi connectivity index (χ3n) is 4.57. The smallest absolute Gasteiger partial charge is 0.236 e. The van der Waals surface area contributed by atoms with Crippen LogP contribution in [-0.2, 0) is 32.2 Å². The molecule has 0 atom stereocenters. The molecule has 0 fully saturated rings. The molecule has 2 aromatic rings. The van der Waals surface area contributed by atoms with E-state index in [-0.39, 0.29) is 11.5 Å². The lowest BCUT2D eigenvalue weighted by Crippen LogP contribution is -2.36. The summed E-state index contributed by atoms with van der Waals surface area (Å²) in [6.07, 6.45) is 1.53. The molecule has 3 rings (SSSR count). The number of fused-ring (bicyclic) bond motifs is 1. The molecule has 0 aliphatic carbocycles. The summed E-state index contributed by atoms with van der Waals surface area (Å²) in [7, 11) is -7.00. The predicted molar refractivity (Wildman–Crippen MR) is 109 cm³/mol.